The van der Waals surface area contributed by atoms with Gasteiger partial charge in [0.25, 0.3) is 0 Å². The molecule has 1 unspecified atom stereocenters. The number of nitrogens with two attached hydrogens (primary N) is 1. The molecule has 6 heteroatoms. The van der Waals surface area contributed by atoms with E-state index in [1.807, 2.05) is 0 Å². The minimum Gasteiger partial charge on any atom is -0.481 e. The number of carboxylic acid groups (broad SMARTS) is 1. The number of carbonyl (C=O) groups is 1. The Bertz CT molecular complexity index is 599. The fraction of sp³-hybridized carbons (Fsp3) is 0.273. The zero-order valence-electron chi connectivity index (χ0n) is 9.06. The third-order valence-electron chi connectivity index (χ3n) is 2.70. The number of hydrogen-bond donors (Lipinski definition) is 4. The lowest BCUT2D eigenvalue weighted by molar-refractivity contribution is -0.138. The number of carboxylic acids is 1. The van der Waals surface area contributed by atoms with E-state index in [0.717, 1.165) is 0 Å². The highest BCUT2D eigenvalue weighted by atomic mass is 16.4. The predicted octanol–water partition coefficient (Wildman–Crippen LogP) is 0.373. The van der Waals surface area contributed by atoms with E-state index in [2.05, 4.69) is 9.97 Å². The Kier molecular flexibility index (Phi) is 2.97. The molecule has 0 aliphatic heterocycles. The minimum absolute atomic E-state index is 0.303. The molecule has 1 heterocycles. The standard InChI is InChI=1S/C11H13N3O3/c12-4-3-7(10(15)16)6-1-2-8-9(5-6)14-11(17)13-8/h1-2,5,7H,3-4,12H2,(H,15,16)(H2,13,14,17). The Labute approximate surface area is 96.5 Å². The average molecular weight is 235 g/mol. The number of aromatic nitrogens is 2. The zero-order valence-corrected chi connectivity index (χ0v) is 9.06. The lowest BCUT2D eigenvalue weighted by atomic mass is 9.95. The Morgan fingerprint density at radius 1 is 1.35 bits per heavy atom. The van der Waals surface area contributed by atoms with E-state index in [-0.39, 0.29) is 5.69 Å². The average Bonchev–Trinajstić information content (AvgIpc) is 2.64. The molecule has 0 saturated heterocycles. The Morgan fingerprint density at radius 2 is 2.06 bits per heavy atom. The molecule has 0 aliphatic carbocycles. The molecule has 5 N–H and O–H groups in total. The van der Waals surface area contributed by atoms with Crippen molar-refractivity contribution < 1.29 is 9.90 Å². The summed E-state index contributed by atoms with van der Waals surface area (Å²) in [6.07, 6.45) is 0.371. The molecule has 6 nitrogen and oxygen atoms in total. The summed E-state index contributed by atoms with van der Waals surface area (Å²) in [7, 11) is 0. The fourth-order valence-corrected chi connectivity index (χ4v) is 1.87. The van der Waals surface area contributed by atoms with Crippen LogP contribution in [-0.4, -0.2) is 27.6 Å². The number of imidazole rings is 1. The summed E-state index contributed by atoms with van der Waals surface area (Å²) in [4.78, 5) is 27.4. The second kappa shape index (κ2) is 4.42. The molecule has 0 fully saturated rings. The van der Waals surface area contributed by atoms with Crippen LogP contribution in [0.4, 0.5) is 0 Å². The molecule has 1 atom stereocenters. The second-order valence-electron chi connectivity index (χ2n) is 3.85. The molecule has 0 saturated carbocycles. The maximum absolute atomic E-state index is 11.1. The van der Waals surface area contributed by atoms with Gasteiger partial charge in [-0.15, -0.1) is 0 Å². The van der Waals surface area contributed by atoms with Gasteiger partial charge in [-0.25, -0.2) is 4.79 Å². The Morgan fingerprint density at radius 3 is 2.71 bits per heavy atom. The van der Waals surface area contributed by atoms with Gasteiger partial charge in [0, 0.05) is 0 Å². The monoisotopic (exact) mass is 235 g/mol. The second-order valence-corrected chi connectivity index (χ2v) is 3.85. The number of aliphatic carboxylic acids is 1. The summed E-state index contributed by atoms with van der Waals surface area (Å²) in [5, 5.41) is 9.10. The summed E-state index contributed by atoms with van der Waals surface area (Å²) in [6.45, 7) is 0.304. The number of aromatic amines is 2. The quantitative estimate of drug-likeness (QED) is 0.613. The van der Waals surface area contributed by atoms with E-state index in [0.29, 0.717) is 29.6 Å². The van der Waals surface area contributed by atoms with Crippen molar-refractivity contribution in [3.63, 3.8) is 0 Å². The van der Waals surface area contributed by atoms with E-state index in [1.54, 1.807) is 18.2 Å². The third kappa shape index (κ3) is 2.21. The molecule has 0 radical (unpaired) electrons. The van der Waals surface area contributed by atoms with Crippen molar-refractivity contribution in [2.24, 2.45) is 5.73 Å². The number of benzene rings is 1. The largest absolute Gasteiger partial charge is 0.481 e. The Balaban J connectivity index is 2.46. The minimum atomic E-state index is -0.910. The first-order chi connectivity index (χ1) is 8.11. The van der Waals surface area contributed by atoms with Crippen molar-refractivity contribution in [3.8, 4) is 0 Å². The number of fused-ring (bicyclic) bond motifs is 1. The van der Waals surface area contributed by atoms with Gasteiger partial charge >= 0.3 is 11.7 Å². The first kappa shape index (κ1) is 11.4. The van der Waals surface area contributed by atoms with Gasteiger partial charge in [0.2, 0.25) is 0 Å². The molecule has 1 aromatic heterocycles. The molecule has 17 heavy (non-hydrogen) atoms. The van der Waals surface area contributed by atoms with E-state index in [9.17, 15) is 9.59 Å². The van der Waals surface area contributed by atoms with Crippen LogP contribution in [0.25, 0.3) is 11.0 Å². The number of hydrogen-bond acceptors (Lipinski definition) is 3. The maximum atomic E-state index is 11.1. The number of nitrogens with one attached hydrogen (secondary N) is 2. The van der Waals surface area contributed by atoms with E-state index in [4.69, 9.17) is 10.8 Å². The van der Waals surface area contributed by atoms with Crippen LogP contribution in [0.1, 0.15) is 17.9 Å². The van der Waals surface area contributed by atoms with Crippen molar-refractivity contribution in [2.75, 3.05) is 6.54 Å². The van der Waals surface area contributed by atoms with Crippen LogP contribution in [0.3, 0.4) is 0 Å². The maximum Gasteiger partial charge on any atom is 0.323 e. The van der Waals surface area contributed by atoms with Gasteiger partial charge in [-0.2, -0.15) is 0 Å². The number of H-pyrrole nitrogens is 2. The first-order valence-corrected chi connectivity index (χ1v) is 5.26. The van der Waals surface area contributed by atoms with Crippen LogP contribution in [0, 0.1) is 0 Å². The summed E-state index contributed by atoms with van der Waals surface area (Å²) >= 11 is 0. The van der Waals surface area contributed by atoms with E-state index >= 15 is 0 Å². The van der Waals surface area contributed by atoms with Gasteiger partial charge in [-0.3, -0.25) is 4.79 Å². The molecule has 0 bridgehead atoms. The highest BCUT2D eigenvalue weighted by Crippen LogP contribution is 2.22. The SMILES string of the molecule is NCCC(C(=O)O)c1ccc2[nH]c(=O)[nH]c2c1. The smallest absolute Gasteiger partial charge is 0.323 e. The lowest BCUT2D eigenvalue weighted by Crippen LogP contribution is -2.16. The normalized spacial score (nSPS) is 12.8. The predicted molar refractivity (Wildman–Crippen MR) is 63.0 cm³/mol. The highest BCUT2D eigenvalue weighted by molar-refractivity contribution is 5.80. The Hall–Kier alpha value is -2.08. The van der Waals surface area contributed by atoms with E-state index < -0.39 is 11.9 Å². The summed E-state index contributed by atoms with van der Waals surface area (Å²) in [6, 6.07) is 5.05. The van der Waals surface area contributed by atoms with Crippen molar-refractivity contribution in [1.82, 2.24) is 9.97 Å². The fourth-order valence-electron chi connectivity index (χ4n) is 1.87. The van der Waals surface area contributed by atoms with Crippen LogP contribution >= 0.6 is 0 Å². The molecule has 90 valence electrons. The van der Waals surface area contributed by atoms with Crippen LogP contribution in [0.2, 0.25) is 0 Å². The molecule has 0 spiro atoms. The molecular formula is C11H13N3O3. The first-order valence-electron chi connectivity index (χ1n) is 5.26. The van der Waals surface area contributed by atoms with Crippen molar-refractivity contribution in [2.45, 2.75) is 12.3 Å². The van der Waals surface area contributed by atoms with Gasteiger partial charge in [-0.05, 0) is 30.7 Å². The third-order valence-corrected chi connectivity index (χ3v) is 2.70. The van der Waals surface area contributed by atoms with Crippen molar-refractivity contribution >= 4 is 17.0 Å². The van der Waals surface area contributed by atoms with Crippen molar-refractivity contribution in [3.05, 3.63) is 34.2 Å². The van der Waals surface area contributed by atoms with Crippen LogP contribution in [-0.2, 0) is 4.79 Å². The highest BCUT2D eigenvalue weighted by Gasteiger charge is 2.19. The molecule has 0 amide bonds. The van der Waals surface area contributed by atoms with Gasteiger partial charge in [-0.1, -0.05) is 6.07 Å². The molecule has 1 aromatic carbocycles. The molecule has 0 aliphatic rings. The molecule has 2 aromatic rings. The van der Waals surface area contributed by atoms with Crippen LogP contribution in [0.5, 0.6) is 0 Å². The van der Waals surface area contributed by atoms with Crippen molar-refractivity contribution in [1.29, 1.82) is 0 Å². The van der Waals surface area contributed by atoms with E-state index in [1.165, 1.54) is 0 Å². The molecular weight excluding hydrogens is 222 g/mol. The summed E-state index contributed by atoms with van der Waals surface area (Å²) < 4.78 is 0. The van der Waals surface area contributed by atoms with Gasteiger partial charge in [0.15, 0.2) is 0 Å². The zero-order chi connectivity index (χ0) is 12.4. The van der Waals surface area contributed by atoms with Gasteiger partial charge in [0.05, 0.1) is 17.0 Å². The molecule has 2 rings (SSSR count). The van der Waals surface area contributed by atoms with Gasteiger partial charge in [0.1, 0.15) is 0 Å². The lowest BCUT2D eigenvalue weighted by Gasteiger charge is -2.11. The number of rotatable bonds is 4. The summed E-state index contributed by atoms with van der Waals surface area (Å²) in [5.41, 5.74) is 7.01. The van der Waals surface area contributed by atoms with Crippen LogP contribution in [0.15, 0.2) is 23.0 Å². The van der Waals surface area contributed by atoms with Crippen LogP contribution < -0.4 is 11.4 Å². The topological polar surface area (TPSA) is 112 Å². The van der Waals surface area contributed by atoms with Gasteiger partial charge < -0.3 is 20.8 Å². The summed E-state index contributed by atoms with van der Waals surface area (Å²) in [5.74, 6) is -1.55.